The zero-order valence-corrected chi connectivity index (χ0v) is 6.90. The summed E-state index contributed by atoms with van der Waals surface area (Å²) in [6.07, 6.45) is 0. The Kier molecular flexibility index (Phi) is 1.80. The van der Waals surface area contributed by atoms with Crippen LogP contribution in [0.25, 0.3) is 0 Å². The van der Waals surface area contributed by atoms with E-state index in [0.717, 1.165) is 10.7 Å². The highest BCUT2D eigenvalue weighted by molar-refractivity contribution is 7.19. The summed E-state index contributed by atoms with van der Waals surface area (Å²) in [5.41, 5.74) is 12.0. The van der Waals surface area contributed by atoms with Crippen LogP contribution in [0.15, 0.2) is 0 Å². The molecule has 1 aromatic rings. The minimum atomic E-state index is 0.369. The third-order valence-corrected chi connectivity index (χ3v) is 1.97. The number of hydrogen-bond donors (Lipinski definition) is 2. The summed E-state index contributed by atoms with van der Waals surface area (Å²) in [6.45, 7) is 4.09. The van der Waals surface area contributed by atoms with E-state index in [9.17, 15) is 0 Å². The third-order valence-electron chi connectivity index (χ3n) is 1.24. The molecule has 0 unspecified atom stereocenters. The minimum Gasteiger partial charge on any atom is -0.389 e. The lowest BCUT2D eigenvalue weighted by atomic mass is 10.1. The van der Waals surface area contributed by atoms with Gasteiger partial charge in [0, 0.05) is 0 Å². The summed E-state index contributed by atoms with van der Waals surface area (Å²) in [5, 5.41) is 1.30. The second kappa shape index (κ2) is 2.46. The fourth-order valence-corrected chi connectivity index (χ4v) is 1.53. The van der Waals surface area contributed by atoms with Crippen molar-refractivity contribution in [3.05, 3.63) is 5.69 Å². The molecule has 0 saturated carbocycles. The van der Waals surface area contributed by atoms with Crippen LogP contribution in [0.3, 0.4) is 0 Å². The van der Waals surface area contributed by atoms with E-state index in [4.69, 9.17) is 11.5 Å². The molecule has 4 N–H and O–H groups in total. The van der Waals surface area contributed by atoms with E-state index in [2.05, 4.69) is 4.98 Å². The van der Waals surface area contributed by atoms with Gasteiger partial charge in [-0.2, -0.15) is 0 Å². The molecule has 0 amide bonds. The monoisotopic (exact) mass is 157 g/mol. The average molecular weight is 157 g/mol. The third kappa shape index (κ3) is 1.21. The lowest BCUT2D eigenvalue weighted by molar-refractivity contribution is 0.837. The molecule has 1 rings (SSSR count). The fraction of sp³-hybridized carbons (Fsp3) is 0.500. The van der Waals surface area contributed by atoms with Gasteiger partial charge in [0.15, 0.2) is 5.13 Å². The molecular formula is C6H11N3S. The van der Waals surface area contributed by atoms with Gasteiger partial charge in [0.2, 0.25) is 0 Å². The van der Waals surface area contributed by atoms with Crippen LogP contribution < -0.4 is 11.5 Å². The lowest BCUT2D eigenvalue weighted by Crippen LogP contribution is -1.93. The highest BCUT2D eigenvalue weighted by atomic mass is 32.1. The van der Waals surface area contributed by atoms with Crippen molar-refractivity contribution in [2.45, 2.75) is 19.8 Å². The molecule has 10 heavy (non-hydrogen) atoms. The largest absolute Gasteiger partial charge is 0.389 e. The maximum atomic E-state index is 5.62. The van der Waals surface area contributed by atoms with Gasteiger partial charge in [-0.3, -0.25) is 0 Å². The van der Waals surface area contributed by atoms with Crippen LogP contribution in [0.5, 0.6) is 0 Å². The molecule has 0 aliphatic rings. The smallest absolute Gasteiger partial charge is 0.182 e. The van der Waals surface area contributed by atoms with Crippen molar-refractivity contribution < 1.29 is 0 Å². The molecule has 0 atom stereocenters. The van der Waals surface area contributed by atoms with E-state index in [1.807, 2.05) is 13.8 Å². The number of thiazole rings is 1. The number of rotatable bonds is 1. The fourth-order valence-electron chi connectivity index (χ4n) is 0.775. The van der Waals surface area contributed by atoms with Crippen molar-refractivity contribution in [2.75, 3.05) is 11.5 Å². The minimum absolute atomic E-state index is 0.369. The standard InChI is InChI=1S/C6H11N3S/c1-3(2)4-5(7)10-6(8)9-4/h3H,7H2,1-2H3,(H2,8,9). The average Bonchev–Trinajstić information content (AvgIpc) is 2.10. The Morgan fingerprint density at radius 2 is 2.00 bits per heavy atom. The van der Waals surface area contributed by atoms with Gasteiger partial charge in [0.1, 0.15) is 5.00 Å². The Labute approximate surface area is 64.1 Å². The molecular weight excluding hydrogens is 146 g/mol. The number of anilines is 2. The normalized spacial score (nSPS) is 10.7. The Balaban J connectivity index is 3.03. The molecule has 1 heterocycles. The number of nitrogen functional groups attached to an aromatic ring is 2. The molecule has 56 valence electrons. The van der Waals surface area contributed by atoms with Gasteiger partial charge in [0.25, 0.3) is 0 Å². The summed E-state index contributed by atoms with van der Waals surface area (Å²) in [5.74, 6) is 0.369. The van der Waals surface area contributed by atoms with Crippen LogP contribution in [0.4, 0.5) is 10.1 Å². The van der Waals surface area contributed by atoms with Gasteiger partial charge in [-0.15, -0.1) is 0 Å². The van der Waals surface area contributed by atoms with E-state index >= 15 is 0 Å². The first-order chi connectivity index (χ1) is 4.61. The Morgan fingerprint density at radius 1 is 1.40 bits per heavy atom. The van der Waals surface area contributed by atoms with Gasteiger partial charge in [0.05, 0.1) is 5.69 Å². The van der Waals surface area contributed by atoms with Crippen LogP contribution in [-0.2, 0) is 0 Å². The summed E-state index contributed by atoms with van der Waals surface area (Å²) in [7, 11) is 0. The first-order valence-corrected chi connectivity index (χ1v) is 3.94. The Morgan fingerprint density at radius 3 is 2.20 bits per heavy atom. The van der Waals surface area contributed by atoms with Crippen molar-refractivity contribution in [1.29, 1.82) is 0 Å². The van der Waals surface area contributed by atoms with Gasteiger partial charge in [-0.05, 0) is 5.92 Å². The molecule has 4 heteroatoms. The molecule has 0 aliphatic carbocycles. The molecule has 0 radical (unpaired) electrons. The van der Waals surface area contributed by atoms with E-state index in [1.165, 1.54) is 11.3 Å². The number of aromatic nitrogens is 1. The molecule has 3 nitrogen and oxygen atoms in total. The maximum absolute atomic E-state index is 5.62. The van der Waals surface area contributed by atoms with Gasteiger partial charge < -0.3 is 11.5 Å². The summed E-state index contributed by atoms with van der Waals surface area (Å²) in [6, 6.07) is 0. The molecule has 0 spiro atoms. The van der Waals surface area contributed by atoms with Crippen molar-refractivity contribution in [1.82, 2.24) is 4.98 Å². The van der Waals surface area contributed by atoms with E-state index in [1.54, 1.807) is 0 Å². The van der Waals surface area contributed by atoms with Crippen LogP contribution in [0.1, 0.15) is 25.5 Å². The molecule has 0 aliphatic heterocycles. The van der Waals surface area contributed by atoms with Crippen molar-refractivity contribution in [3.8, 4) is 0 Å². The first-order valence-electron chi connectivity index (χ1n) is 3.13. The topological polar surface area (TPSA) is 64.9 Å². The predicted molar refractivity (Wildman–Crippen MR) is 45.0 cm³/mol. The zero-order valence-electron chi connectivity index (χ0n) is 6.09. The van der Waals surface area contributed by atoms with E-state index < -0.39 is 0 Å². The van der Waals surface area contributed by atoms with Crippen molar-refractivity contribution >= 4 is 21.5 Å². The maximum Gasteiger partial charge on any atom is 0.182 e. The molecule has 1 aromatic heterocycles. The highest BCUT2D eigenvalue weighted by Gasteiger charge is 2.08. The molecule has 0 fully saturated rings. The lowest BCUT2D eigenvalue weighted by Gasteiger charge is -1.98. The van der Waals surface area contributed by atoms with Crippen LogP contribution in [0.2, 0.25) is 0 Å². The second-order valence-electron chi connectivity index (χ2n) is 2.46. The van der Waals surface area contributed by atoms with Crippen LogP contribution in [-0.4, -0.2) is 4.98 Å². The quantitative estimate of drug-likeness (QED) is 0.648. The molecule has 0 aromatic carbocycles. The van der Waals surface area contributed by atoms with Gasteiger partial charge in [-0.1, -0.05) is 25.2 Å². The number of nitrogens with two attached hydrogens (primary N) is 2. The Hall–Kier alpha value is -0.770. The van der Waals surface area contributed by atoms with Crippen molar-refractivity contribution in [3.63, 3.8) is 0 Å². The second-order valence-corrected chi connectivity index (χ2v) is 3.52. The summed E-state index contributed by atoms with van der Waals surface area (Å²) >= 11 is 1.34. The van der Waals surface area contributed by atoms with Gasteiger partial charge in [-0.25, -0.2) is 4.98 Å². The van der Waals surface area contributed by atoms with E-state index in [-0.39, 0.29) is 0 Å². The number of nitrogens with zero attached hydrogens (tertiary/aromatic N) is 1. The Bertz CT molecular complexity index is 229. The zero-order chi connectivity index (χ0) is 7.72. The number of hydrogen-bond acceptors (Lipinski definition) is 4. The highest BCUT2D eigenvalue weighted by Crippen LogP contribution is 2.28. The van der Waals surface area contributed by atoms with Gasteiger partial charge >= 0.3 is 0 Å². The molecule has 0 saturated heterocycles. The summed E-state index contributed by atoms with van der Waals surface area (Å²) in [4.78, 5) is 4.08. The van der Waals surface area contributed by atoms with Crippen LogP contribution >= 0.6 is 11.3 Å². The SMILES string of the molecule is CC(C)c1nc(N)sc1N. The van der Waals surface area contributed by atoms with E-state index in [0.29, 0.717) is 11.0 Å². The van der Waals surface area contributed by atoms with Crippen molar-refractivity contribution in [2.24, 2.45) is 0 Å². The predicted octanol–water partition coefficient (Wildman–Crippen LogP) is 1.43. The van der Waals surface area contributed by atoms with Crippen LogP contribution in [0, 0.1) is 0 Å². The molecule has 0 bridgehead atoms. The first kappa shape index (κ1) is 7.34. The summed E-state index contributed by atoms with van der Waals surface area (Å²) < 4.78 is 0.